The van der Waals surface area contributed by atoms with Crippen molar-refractivity contribution in [3.8, 4) is 0 Å². The molecule has 1 aliphatic rings. The molecule has 0 aromatic rings. The van der Waals surface area contributed by atoms with Gasteiger partial charge in [0.15, 0.2) is 0 Å². The standard InChI is InChI=1S/C10H19N3O/c1-2-3-6-12-9-4-7-13(8-5-9)10(11)14/h2,9,12H,1,3-8H2,(H2,11,14). The fourth-order valence-electron chi connectivity index (χ4n) is 1.69. The van der Waals surface area contributed by atoms with Gasteiger partial charge in [-0.25, -0.2) is 4.79 Å². The summed E-state index contributed by atoms with van der Waals surface area (Å²) in [5.41, 5.74) is 5.19. The zero-order valence-electron chi connectivity index (χ0n) is 8.54. The predicted molar refractivity (Wildman–Crippen MR) is 57.0 cm³/mol. The van der Waals surface area contributed by atoms with E-state index >= 15 is 0 Å². The Labute approximate surface area is 85.1 Å². The molecule has 4 nitrogen and oxygen atoms in total. The first-order valence-electron chi connectivity index (χ1n) is 5.12. The maximum absolute atomic E-state index is 10.8. The molecule has 0 bridgehead atoms. The average Bonchev–Trinajstić information content (AvgIpc) is 2.19. The van der Waals surface area contributed by atoms with Crippen LogP contribution in [0.5, 0.6) is 0 Å². The highest BCUT2D eigenvalue weighted by Gasteiger charge is 2.20. The number of piperidine rings is 1. The second-order valence-corrected chi connectivity index (χ2v) is 3.63. The van der Waals surface area contributed by atoms with E-state index in [1.165, 1.54) is 0 Å². The summed E-state index contributed by atoms with van der Waals surface area (Å²) in [7, 11) is 0. The molecule has 80 valence electrons. The molecule has 1 aliphatic heterocycles. The van der Waals surface area contributed by atoms with Crippen LogP contribution in [-0.4, -0.2) is 36.6 Å². The molecule has 0 unspecified atom stereocenters. The van der Waals surface area contributed by atoms with Crippen LogP contribution in [-0.2, 0) is 0 Å². The Morgan fingerprint density at radius 3 is 2.71 bits per heavy atom. The summed E-state index contributed by atoms with van der Waals surface area (Å²) in [5.74, 6) is 0. The molecule has 1 heterocycles. The lowest BCUT2D eigenvalue weighted by Crippen LogP contribution is -2.46. The van der Waals surface area contributed by atoms with E-state index in [1.54, 1.807) is 4.90 Å². The zero-order chi connectivity index (χ0) is 10.4. The summed E-state index contributed by atoms with van der Waals surface area (Å²) >= 11 is 0. The van der Waals surface area contributed by atoms with E-state index in [2.05, 4.69) is 11.9 Å². The van der Waals surface area contributed by atoms with Crippen molar-refractivity contribution in [3.05, 3.63) is 12.7 Å². The van der Waals surface area contributed by atoms with Crippen molar-refractivity contribution in [3.63, 3.8) is 0 Å². The predicted octanol–water partition coefficient (Wildman–Crippen LogP) is 0.695. The fourth-order valence-corrected chi connectivity index (χ4v) is 1.69. The van der Waals surface area contributed by atoms with Gasteiger partial charge in [0.1, 0.15) is 0 Å². The molecule has 2 amide bonds. The Balaban J connectivity index is 2.15. The Morgan fingerprint density at radius 2 is 2.21 bits per heavy atom. The second kappa shape index (κ2) is 5.65. The number of nitrogens with two attached hydrogens (primary N) is 1. The molecule has 4 heteroatoms. The van der Waals surface area contributed by atoms with Crippen molar-refractivity contribution >= 4 is 6.03 Å². The second-order valence-electron chi connectivity index (χ2n) is 3.63. The van der Waals surface area contributed by atoms with E-state index in [9.17, 15) is 4.79 Å². The molecule has 0 aromatic carbocycles. The van der Waals surface area contributed by atoms with Gasteiger partial charge < -0.3 is 16.0 Å². The van der Waals surface area contributed by atoms with Gasteiger partial charge in [0.25, 0.3) is 0 Å². The smallest absolute Gasteiger partial charge is 0.314 e. The highest BCUT2D eigenvalue weighted by atomic mass is 16.2. The number of rotatable bonds is 4. The van der Waals surface area contributed by atoms with Crippen molar-refractivity contribution in [2.24, 2.45) is 5.73 Å². The van der Waals surface area contributed by atoms with E-state index < -0.39 is 0 Å². The van der Waals surface area contributed by atoms with Gasteiger partial charge in [-0.1, -0.05) is 6.08 Å². The van der Waals surface area contributed by atoms with Crippen LogP contribution >= 0.6 is 0 Å². The molecule has 0 radical (unpaired) electrons. The molecular weight excluding hydrogens is 178 g/mol. The molecule has 0 atom stereocenters. The van der Waals surface area contributed by atoms with Gasteiger partial charge in [0, 0.05) is 19.1 Å². The summed E-state index contributed by atoms with van der Waals surface area (Å²) in [6.07, 6.45) is 4.90. The highest BCUT2D eigenvalue weighted by Crippen LogP contribution is 2.09. The average molecular weight is 197 g/mol. The van der Waals surface area contributed by atoms with Crippen LogP contribution in [0.1, 0.15) is 19.3 Å². The zero-order valence-corrected chi connectivity index (χ0v) is 8.54. The Kier molecular flexibility index (Phi) is 4.46. The number of urea groups is 1. The van der Waals surface area contributed by atoms with Crippen LogP contribution in [0.25, 0.3) is 0 Å². The lowest BCUT2D eigenvalue weighted by molar-refractivity contribution is 0.185. The summed E-state index contributed by atoms with van der Waals surface area (Å²) in [4.78, 5) is 12.5. The molecule has 0 aliphatic carbocycles. The number of hydrogen-bond acceptors (Lipinski definition) is 2. The fraction of sp³-hybridized carbons (Fsp3) is 0.700. The number of carbonyl (C=O) groups excluding carboxylic acids is 1. The van der Waals surface area contributed by atoms with Gasteiger partial charge in [0.05, 0.1) is 0 Å². The normalized spacial score (nSPS) is 18.1. The summed E-state index contributed by atoms with van der Waals surface area (Å²) in [5, 5.41) is 3.43. The third kappa shape index (κ3) is 3.38. The SMILES string of the molecule is C=CCCNC1CCN(C(N)=O)CC1. The third-order valence-corrected chi connectivity index (χ3v) is 2.59. The molecule has 1 rings (SSSR count). The molecule has 1 fully saturated rings. The van der Waals surface area contributed by atoms with Gasteiger partial charge >= 0.3 is 6.03 Å². The molecular formula is C10H19N3O. The minimum atomic E-state index is -0.297. The summed E-state index contributed by atoms with van der Waals surface area (Å²) < 4.78 is 0. The number of amides is 2. The number of likely N-dealkylation sites (tertiary alicyclic amines) is 1. The van der Waals surface area contributed by atoms with Crippen molar-refractivity contribution in [1.82, 2.24) is 10.2 Å². The largest absolute Gasteiger partial charge is 0.351 e. The van der Waals surface area contributed by atoms with Crippen molar-refractivity contribution in [2.75, 3.05) is 19.6 Å². The molecule has 0 spiro atoms. The highest BCUT2D eigenvalue weighted by molar-refractivity contribution is 5.72. The minimum absolute atomic E-state index is 0.297. The molecule has 0 saturated carbocycles. The van der Waals surface area contributed by atoms with Crippen LogP contribution in [0.2, 0.25) is 0 Å². The van der Waals surface area contributed by atoms with Crippen molar-refractivity contribution in [2.45, 2.75) is 25.3 Å². The van der Waals surface area contributed by atoms with Crippen LogP contribution in [0, 0.1) is 0 Å². The van der Waals surface area contributed by atoms with E-state index in [4.69, 9.17) is 5.73 Å². The molecule has 14 heavy (non-hydrogen) atoms. The van der Waals surface area contributed by atoms with Crippen LogP contribution < -0.4 is 11.1 Å². The molecule has 1 saturated heterocycles. The number of nitrogens with zero attached hydrogens (tertiary/aromatic N) is 1. The first kappa shape index (κ1) is 11.0. The van der Waals surface area contributed by atoms with E-state index in [0.29, 0.717) is 6.04 Å². The number of hydrogen-bond donors (Lipinski definition) is 2. The number of nitrogens with one attached hydrogen (secondary N) is 1. The first-order chi connectivity index (χ1) is 6.74. The van der Waals surface area contributed by atoms with Gasteiger partial charge in [-0.05, 0) is 25.8 Å². The minimum Gasteiger partial charge on any atom is -0.351 e. The van der Waals surface area contributed by atoms with Crippen molar-refractivity contribution < 1.29 is 4.79 Å². The Morgan fingerprint density at radius 1 is 1.57 bits per heavy atom. The quantitative estimate of drug-likeness (QED) is 0.514. The van der Waals surface area contributed by atoms with Gasteiger partial charge in [-0.3, -0.25) is 0 Å². The third-order valence-electron chi connectivity index (χ3n) is 2.59. The lowest BCUT2D eigenvalue weighted by atomic mass is 10.1. The van der Waals surface area contributed by atoms with E-state index in [1.807, 2.05) is 6.08 Å². The Hall–Kier alpha value is -1.03. The summed E-state index contributed by atoms with van der Waals surface area (Å²) in [6, 6.07) is 0.236. The van der Waals surface area contributed by atoms with Crippen LogP contribution in [0.4, 0.5) is 4.79 Å². The molecule has 3 N–H and O–H groups in total. The monoisotopic (exact) mass is 197 g/mol. The van der Waals surface area contributed by atoms with E-state index in [0.717, 1.165) is 38.9 Å². The topological polar surface area (TPSA) is 58.4 Å². The molecule has 0 aromatic heterocycles. The summed E-state index contributed by atoms with van der Waals surface area (Å²) in [6.45, 7) is 6.20. The van der Waals surface area contributed by atoms with Gasteiger partial charge in [-0.2, -0.15) is 0 Å². The van der Waals surface area contributed by atoms with Gasteiger partial charge in [0.2, 0.25) is 0 Å². The number of carbonyl (C=O) groups is 1. The van der Waals surface area contributed by atoms with E-state index in [-0.39, 0.29) is 6.03 Å². The van der Waals surface area contributed by atoms with Gasteiger partial charge in [-0.15, -0.1) is 6.58 Å². The first-order valence-corrected chi connectivity index (χ1v) is 5.12. The van der Waals surface area contributed by atoms with Crippen molar-refractivity contribution in [1.29, 1.82) is 0 Å². The lowest BCUT2D eigenvalue weighted by Gasteiger charge is -2.31. The van der Waals surface area contributed by atoms with Crippen LogP contribution in [0.15, 0.2) is 12.7 Å². The van der Waals surface area contributed by atoms with Crippen LogP contribution in [0.3, 0.4) is 0 Å². The number of primary amides is 1. The maximum Gasteiger partial charge on any atom is 0.314 e. The Bertz CT molecular complexity index is 198. The maximum atomic E-state index is 10.8.